The number of halogens is 3. The fourth-order valence-electron chi connectivity index (χ4n) is 3.74. The molecule has 1 aliphatic carbocycles. The zero-order valence-electron chi connectivity index (χ0n) is 18.3. The lowest BCUT2D eigenvalue weighted by molar-refractivity contribution is -0.175. The largest absolute Gasteiger partial charge is 0.497 e. The Morgan fingerprint density at radius 1 is 1.24 bits per heavy atom. The van der Waals surface area contributed by atoms with Gasteiger partial charge in [0.15, 0.2) is 0 Å². The third kappa shape index (κ3) is 6.67. The van der Waals surface area contributed by atoms with Crippen LogP contribution in [0.3, 0.4) is 0 Å². The monoisotopic (exact) mass is 485 g/mol. The van der Waals surface area contributed by atoms with Gasteiger partial charge in [-0.3, -0.25) is 9.78 Å². The molecule has 0 saturated carbocycles. The highest BCUT2D eigenvalue weighted by Gasteiger charge is 2.39. The third-order valence-corrected chi connectivity index (χ3v) is 6.21. The minimum atomic E-state index is -4.21. The van der Waals surface area contributed by atoms with Crippen molar-refractivity contribution in [2.75, 3.05) is 26.5 Å². The number of methoxy groups -OCH3 is 1. The number of benzene rings is 1. The van der Waals surface area contributed by atoms with Crippen LogP contribution in [0.15, 0.2) is 30.5 Å². The van der Waals surface area contributed by atoms with Gasteiger partial charge in [-0.2, -0.15) is 13.2 Å². The zero-order valence-corrected chi connectivity index (χ0v) is 19.1. The Morgan fingerprint density at radius 3 is 2.61 bits per heavy atom. The van der Waals surface area contributed by atoms with E-state index in [1.165, 1.54) is 13.3 Å². The Kier molecular flexibility index (Phi) is 7.63. The molecule has 1 amide bonds. The minimum absolute atomic E-state index is 0.0166. The van der Waals surface area contributed by atoms with E-state index in [0.29, 0.717) is 34.2 Å². The molecule has 2 aromatic rings. The van der Waals surface area contributed by atoms with Crippen LogP contribution < -0.4 is 14.8 Å². The number of allylic oxidation sites excluding steroid dienone is 2. The molecular weight excluding hydrogens is 459 g/mol. The van der Waals surface area contributed by atoms with E-state index in [0.717, 1.165) is 11.8 Å². The number of rotatable bonds is 8. The SMILES string of the molecule is COc1cc(C2=CCC(C(F)(F)F)CC2)c2ncc(C(=O)NCCCNS(C)(=O)=O)cc2c1. The molecule has 1 aliphatic rings. The molecule has 2 N–H and O–H groups in total. The smallest absolute Gasteiger partial charge is 0.392 e. The normalized spacial score (nSPS) is 17.0. The van der Waals surface area contributed by atoms with Crippen LogP contribution in [0, 0.1) is 5.92 Å². The lowest BCUT2D eigenvalue weighted by atomic mass is 9.85. The molecule has 1 unspecified atom stereocenters. The molecule has 3 rings (SSSR count). The Labute approximate surface area is 190 Å². The summed E-state index contributed by atoms with van der Waals surface area (Å²) in [5, 5.41) is 3.35. The Hall–Kier alpha value is -2.66. The van der Waals surface area contributed by atoms with Gasteiger partial charge in [-0.15, -0.1) is 0 Å². The van der Waals surface area contributed by atoms with Crippen LogP contribution in [-0.4, -0.2) is 51.9 Å². The van der Waals surface area contributed by atoms with E-state index in [9.17, 15) is 26.4 Å². The highest BCUT2D eigenvalue weighted by molar-refractivity contribution is 7.88. The van der Waals surface area contributed by atoms with Gasteiger partial charge in [0, 0.05) is 30.2 Å². The summed E-state index contributed by atoms with van der Waals surface area (Å²) in [7, 11) is -1.78. The number of nitrogens with zero attached hydrogens (tertiary/aromatic N) is 1. The maximum absolute atomic E-state index is 13.0. The molecule has 0 fully saturated rings. The van der Waals surface area contributed by atoms with Gasteiger partial charge < -0.3 is 10.1 Å². The van der Waals surface area contributed by atoms with Gasteiger partial charge >= 0.3 is 6.18 Å². The number of carbonyl (C=O) groups is 1. The number of pyridine rings is 1. The van der Waals surface area contributed by atoms with E-state index in [-0.39, 0.29) is 38.3 Å². The minimum Gasteiger partial charge on any atom is -0.497 e. The predicted molar refractivity (Wildman–Crippen MR) is 119 cm³/mol. The average Bonchev–Trinajstić information content (AvgIpc) is 2.76. The summed E-state index contributed by atoms with van der Waals surface area (Å²) in [6.45, 7) is 0.482. The molecule has 0 spiro atoms. The lowest BCUT2D eigenvalue weighted by Gasteiger charge is -2.24. The maximum atomic E-state index is 13.0. The second kappa shape index (κ2) is 10.1. The maximum Gasteiger partial charge on any atom is 0.392 e. The van der Waals surface area contributed by atoms with Gasteiger partial charge in [0.05, 0.1) is 30.4 Å². The van der Waals surface area contributed by atoms with Crippen LogP contribution in [0.4, 0.5) is 13.2 Å². The van der Waals surface area contributed by atoms with Crippen molar-refractivity contribution in [1.82, 2.24) is 15.0 Å². The van der Waals surface area contributed by atoms with Crippen molar-refractivity contribution in [3.63, 3.8) is 0 Å². The number of aromatic nitrogens is 1. The number of nitrogens with one attached hydrogen (secondary N) is 2. The summed E-state index contributed by atoms with van der Waals surface area (Å²) in [6, 6.07) is 5.13. The topological polar surface area (TPSA) is 97.4 Å². The van der Waals surface area contributed by atoms with E-state index in [1.807, 2.05) is 0 Å². The molecule has 11 heteroatoms. The Bertz CT molecular complexity index is 1160. The summed E-state index contributed by atoms with van der Waals surface area (Å²) >= 11 is 0. The van der Waals surface area contributed by atoms with Crippen molar-refractivity contribution in [3.05, 3.63) is 41.6 Å². The first-order chi connectivity index (χ1) is 15.5. The fourth-order valence-corrected chi connectivity index (χ4v) is 4.25. The molecular formula is C22H26F3N3O4S. The highest BCUT2D eigenvalue weighted by atomic mass is 32.2. The van der Waals surface area contributed by atoms with Crippen LogP contribution >= 0.6 is 0 Å². The zero-order chi connectivity index (χ0) is 24.2. The molecule has 1 aromatic heterocycles. The van der Waals surface area contributed by atoms with Crippen LogP contribution in [0.1, 0.15) is 41.6 Å². The van der Waals surface area contributed by atoms with Crippen LogP contribution in [0.5, 0.6) is 5.75 Å². The molecule has 1 aromatic carbocycles. The van der Waals surface area contributed by atoms with E-state index < -0.39 is 22.1 Å². The lowest BCUT2D eigenvalue weighted by Crippen LogP contribution is -2.29. The number of amides is 1. The van der Waals surface area contributed by atoms with Crippen molar-refractivity contribution >= 4 is 32.4 Å². The molecule has 7 nitrogen and oxygen atoms in total. The van der Waals surface area contributed by atoms with E-state index >= 15 is 0 Å². The highest BCUT2D eigenvalue weighted by Crippen LogP contribution is 2.41. The van der Waals surface area contributed by atoms with Crippen molar-refractivity contribution in [1.29, 1.82) is 0 Å². The summed E-state index contributed by atoms with van der Waals surface area (Å²) < 4.78 is 68.9. The Balaban J connectivity index is 1.78. The summed E-state index contributed by atoms with van der Waals surface area (Å²) in [5.74, 6) is -1.19. The first-order valence-electron chi connectivity index (χ1n) is 10.4. The van der Waals surface area contributed by atoms with Gasteiger partial charge in [0.25, 0.3) is 5.91 Å². The molecule has 33 heavy (non-hydrogen) atoms. The molecule has 0 saturated heterocycles. The van der Waals surface area contributed by atoms with Gasteiger partial charge in [0.2, 0.25) is 10.0 Å². The van der Waals surface area contributed by atoms with Crippen molar-refractivity contribution in [2.45, 2.75) is 31.9 Å². The first kappa shape index (κ1) is 25.0. The number of hydrogen-bond acceptors (Lipinski definition) is 5. The van der Waals surface area contributed by atoms with Gasteiger partial charge in [-0.25, -0.2) is 13.1 Å². The molecule has 0 aliphatic heterocycles. The molecule has 1 atom stereocenters. The summed E-state index contributed by atoms with van der Waals surface area (Å²) in [5.41, 5.74) is 2.38. The van der Waals surface area contributed by atoms with Gasteiger partial charge in [-0.1, -0.05) is 6.08 Å². The summed E-state index contributed by atoms with van der Waals surface area (Å²) in [6.07, 6.45) is 0.525. The number of hydrogen-bond donors (Lipinski definition) is 2. The molecule has 1 heterocycles. The number of alkyl halides is 3. The first-order valence-corrected chi connectivity index (χ1v) is 12.3. The number of carbonyl (C=O) groups excluding carboxylic acids is 1. The van der Waals surface area contributed by atoms with Crippen molar-refractivity contribution < 1.29 is 31.1 Å². The third-order valence-electron chi connectivity index (χ3n) is 5.48. The van der Waals surface area contributed by atoms with Gasteiger partial charge in [0.1, 0.15) is 5.75 Å². The van der Waals surface area contributed by atoms with Crippen LogP contribution in [0.25, 0.3) is 16.5 Å². The Morgan fingerprint density at radius 2 is 2.00 bits per heavy atom. The molecule has 0 radical (unpaired) electrons. The summed E-state index contributed by atoms with van der Waals surface area (Å²) in [4.78, 5) is 16.9. The second-order valence-corrected chi connectivity index (χ2v) is 9.82. The molecule has 0 bridgehead atoms. The van der Waals surface area contributed by atoms with E-state index in [1.54, 1.807) is 24.3 Å². The van der Waals surface area contributed by atoms with E-state index in [2.05, 4.69) is 15.0 Å². The van der Waals surface area contributed by atoms with Crippen LogP contribution in [-0.2, 0) is 10.0 Å². The van der Waals surface area contributed by atoms with E-state index in [4.69, 9.17) is 4.74 Å². The van der Waals surface area contributed by atoms with Crippen LogP contribution in [0.2, 0.25) is 0 Å². The van der Waals surface area contributed by atoms with Gasteiger partial charge in [-0.05, 0) is 49.5 Å². The quantitative estimate of drug-likeness (QED) is 0.557. The second-order valence-electron chi connectivity index (χ2n) is 7.99. The van der Waals surface area contributed by atoms with Crippen molar-refractivity contribution in [2.24, 2.45) is 5.92 Å². The molecule has 180 valence electrons. The number of ether oxygens (including phenoxy) is 1. The predicted octanol–water partition coefficient (Wildman–Crippen LogP) is 3.66. The number of fused-ring (bicyclic) bond motifs is 1. The standard InChI is InChI=1S/C22H26F3N3O4S/c1-32-18-11-15-10-16(21(29)26-8-3-9-28-33(2,30)31)13-27-20(15)19(12-18)14-4-6-17(7-5-14)22(23,24)25/h4,10-13,17,28H,3,5-9H2,1-2H3,(H,26,29). The number of sulfonamides is 1. The fraction of sp³-hybridized carbons (Fsp3) is 0.455. The van der Waals surface area contributed by atoms with Crippen molar-refractivity contribution in [3.8, 4) is 5.75 Å². The average molecular weight is 486 g/mol.